The standard InChI is InChI=1S/C21H28FN3O3/c1-15(2)11-17-12-19(24(3)23-17)20(26)25-10-4-9-21(27,13-25)14-28-18-7-5-16(22)6-8-18/h5-8,12,15,27H,4,9-11,13-14H2,1-3H3. The number of aryl methyl sites for hydroxylation is 1. The van der Waals surface area contributed by atoms with E-state index in [1.165, 1.54) is 24.3 Å². The fourth-order valence-electron chi connectivity index (χ4n) is 3.56. The number of benzene rings is 1. The van der Waals surface area contributed by atoms with Crippen LogP contribution >= 0.6 is 0 Å². The second kappa shape index (κ2) is 8.31. The Kier molecular flexibility index (Phi) is 6.03. The Labute approximate surface area is 164 Å². The molecule has 0 aliphatic carbocycles. The van der Waals surface area contributed by atoms with Crippen molar-refractivity contribution in [2.45, 2.75) is 38.7 Å². The van der Waals surface area contributed by atoms with Gasteiger partial charge in [-0.25, -0.2) is 4.39 Å². The van der Waals surface area contributed by atoms with E-state index in [1.807, 2.05) is 6.07 Å². The van der Waals surface area contributed by atoms with Gasteiger partial charge in [-0.1, -0.05) is 13.8 Å². The molecule has 1 atom stereocenters. The normalized spacial score (nSPS) is 19.9. The first-order valence-corrected chi connectivity index (χ1v) is 9.69. The van der Waals surface area contributed by atoms with Crippen LogP contribution in [0.2, 0.25) is 0 Å². The summed E-state index contributed by atoms with van der Waals surface area (Å²) in [7, 11) is 1.77. The molecule has 0 radical (unpaired) electrons. The van der Waals surface area contributed by atoms with Crippen molar-refractivity contribution < 1.29 is 19.0 Å². The molecule has 1 aromatic heterocycles. The predicted octanol–water partition coefficient (Wildman–Crippen LogP) is 2.80. The number of β-amino-alcohol motifs (C(OH)–C–C–N with tert-alkyl or cyclic N) is 1. The molecule has 2 aromatic rings. The monoisotopic (exact) mass is 389 g/mol. The second-order valence-corrected chi connectivity index (χ2v) is 8.04. The molecule has 1 N–H and O–H groups in total. The van der Waals surface area contributed by atoms with Crippen molar-refractivity contribution in [3.05, 3.63) is 47.5 Å². The van der Waals surface area contributed by atoms with Crippen molar-refractivity contribution in [1.29, 1.82) is 0 Å². The van der Waals surface area contributed by atoms with E-state index in [2.05, 4.69) is 18.9 Å². The first-order valence-electron chi connectivity index (χ1n) is 9.69. The van der Waals surface area contributed by atoms with Crippen LogP contribution in [0.5, 0.6) is 5.75 Å². The lowest BCUT2D eigenvalue weighted by molar-refractivity contribution is -0.0534. The van der Waals surface area contributed by atoms with Crippen molar-refractivity contribution >= 4 is 5.91 Å². The van der Waals surface area contributed by atoms with E-state index in [0.717, 1.165) is 12.1 Å². The number of aromatic nitrogens is 2. The third-order valence-electron chi connectivity index (χ3n) is 4.93. The maximum absolute atomic E-state index is 13.0. The lowest BCUT2D eigenvalue weighted by Crippen LogP contribution is -2.53. The number of hydrogen-bond acceptors (Lipinski definition) is 4. The van der Waals surface area contributed by atoms with E-state index in [0.29, 0.717) is 36.7 Å². The van der Waals surface area contributed by atoms with Crippen LogP contribution in [-0.4, -0.2) is 51.0 Å². The summed E-state index contributed by atoms with van der Waals surface area (Å²) in [5, 5.41) is 15.4. The SMILES string of the molecule is CC(C)Cc1cc(C(=O)N2CCCC(O)(COc3ccc(F)cc3)C2)n(C)n1. The third-order valence-corrected chi connectivity index (χ3v) is 4.93. The van der Waals surface area contributed by atoms with Crippen LogP contribution in [0.4, 0.5) is 4.39 Å². The summed E-state index contributed by atoms with van der Waals surface area (Å²) in [5.41, 5.74) is 0.286. The Morgan fingerprint density at radius 3 is 2.75 bits per heavy atom. The number of rotatable bonds is 6. The minimum Gasteiger partial charge on any atom is -0.491 e. The lowest BCUT2D eigenvalue weighted by Gasteiger charge is -2.38. The molecule has 2 heterocycles. The maximum atomic E-state index is 13.0. The van der Waals surface area contributed by atoms with Crippen molar-refractivity contribution in [2.75, 3.05) is 19.7 Å². The zero-order chi connectivity index (χ0) is 20.3. The molecule has 152 valence electrons. The van der Waals surface area contributed by atoms with Crippen molar-refractivity contribution in [2.24, 2.45) is 13.0 Å². The van der Waals surface area contributed by atoms with Gasteiger partial charge in [-0.15, -0.1) is 0 Å². The fourth-order valence-corrected chi connectivity index (χ4v) is 3.56. The Balaban J connectivity index is 1.65. The van der Waals surface area contributed by atoms with Gasteiger partial charge in [0.15, 0.2) is 0 Å². The van der Waals surface area contributed by atoms with Gasteiger partial charge in [0.25, 0.3) is 5.91 Å². The van der Waals surface area contributed by atoms with Gasteiger partial charge in [0.1, 0.15) is 29.5 Å². The topological polar surface area (TPSA) is 67.6 Å². The molecular weight excluding hydrogens is 361 g/mol. The van der Waals surface area contributed by atoms with Crippen LogP contribution in [0, 0.1) is 11.7 Å². The number of likely N-dealkylation sites (tertiary alicyclic amines) is 1. The fraction of sp³-hybridized carbons (Fsp3) is 0.524. The Hall–Kier alpha value is -2.41. The van der Waals surface area contributed by atoms with Crippen LogP contribution < -0.4 is 4.74 Å². The van der Waals surface area contributed by atoms with Crippen LogP contribution in [0.15, 0.2) is 30.3 Å². The minimum atomic E-state index is -1.14. The van der Waals surface area contributed by atoms with Crippen molar-refractivity contribution in [3.8, 4) is 5.75 Å². The van der Waals surface area contributed by atoms with Gasteiger partial charge >= 0.3 is 0 Å². The first-order chi connectivity index (χ1) is 13.3. The van der Waals surface area contributed by atoms with E-state index in [-0.39, 0.29) is 24.9 Å². The number of nitrogens with zero attached hydrogens (tertiary/aromatic N) is 3. The van der Waals surface area contributed by atoms with Crippen LogP contribution in [0.1, 0.15) is 42.9 Å². The summed E-state index contributed by atoms with van der Waals surface area (Å²) in [5.74, 6) is 0.475. The molecule has 1 aromatic carbocycles. The summed E-state index contributed by atoms with van der Waals surface area (Å²) in [4.78, 5) is 14.7. The lowest BCUT2D eigenvalue weighted by atomic mass is 9.93. The summed E-state index contributed by atoms with van der Waals surface area (Å²) >= 11 is 0. The van der Waals surface area contributed by atoms with Gasteiger partial charge < -0.3 is 14.7 Å². The van der Waals surface area contributed by atoms with Gasteiger partial charge in [0, 0.05) is 13.6 Å². The predicted molar refractivity (Wildman–Crippen MR) is 104 cm³/mol. The van der Waals surface area contributed by atoms with Gasteiger partial charge in [-0.2, -0.15) is 5.10 Å². The van der Waals surface area contributed by atoms with Gasteiger partial charge in [0.2, 0.25) is 0 Å². The number of carbonyl (C=O) groups is 1. The number of carbonyl (C=O) groups excluding carboxylic acids is 1. The molecular formula is C21H28FN3O3. The highest BCUT2D eigenvalue weighted by atomic mass is 19.1. The maximum Gasteiger partial charge on any atom is 0.272 e. The number of amides is 1. The number of ether oxygens (including phenoxy) is 1. The number of aliphatic hydroxyl groups is 1. The van der Waals surface area contributed by atoms with Crippen LogP contribution in [-0.2, 0) is 13.5 Å². The average molecular weight is 389 g/mol. The molecule has 1 saturated heterocycles. The molecule has 6 nitrogen and oxygen atoms in total. The van der Waals surface area contributed by atoms with E-state index in [4.69, 9.17) is 4.74 Å². The highest BCUT2D eigenvalue weighted by Gasteiger charge is 2.37. The average Bonchev–Trinajstić information content (AvgIpc) is 3.00. The molecule has 0 spiro atoms. The number of halogens is 1. The molecule has 1 amide bonds. The number of hydrogen-bond donors (Lipinski definition) is 1. The third kappa shape index (κ3) is 4.90. The van der Waals surface area contributed by atoms with E-state index in [9.17, 15) is 14.3 Å². The van der Waals surface area contributed by atoms with Crippen molar-refractivity contribution in [3.63, 3.8) is 0 Å². The molecule has 0 saturated carbocycles. The number of piperidine rings is 1. The highest BCUT2D eigenvalue weighted by molar-refractivity contribution is 5.92. The van der Waals surface area contributed by atoms with E-state index < -0.39 is 5.60 Å². The Morgan fingerprint density at radius 2 is 2.07 bits per heavy atom. The minimum absolute atomic E-state index is 0.0480. The summed E-state index contributed by atoms with van der Waals surface area (Å²) < 4.78 is 20.3. The Bertz CT molecular complexity index is 819. The van der Waals surface area contributed by atoms with E-state index >= 15 is 0 Å². The Morgan fingerprint density at radius 1 is 1.36 bits per heavy atom. The molecule has 1 unspecified atom stereocenters. The van der Waals surface area contributed by atoms with Crippen LogP contribution in [0.25, 0.3) is 0 Å². The molecule has 0 bridgehead atoms. The molecule has 7 heteroatoms. The quantitative estimate of drug-likeness (QED) is 0.825. The van der Waals surface area contributed by atoms with Crippen LogP contribution in [0.3, 0.4) is 0 Å². The summed E-state index contributed by atoms with van der Waals surface area (Å²) in [6.07, 6.45) is 2.05. The zero-order valence-corrected chi connectivity index (χ0v) is 16.7. The summed E-state index contributed by atoms with van der Waals surface area (Å²) in [6.45, 7) is 5.05. The van der Waals surface area contributed by atoms with Gasteiger partial charge in [0.05, 0.1) is 12.2 Å². The molecule has 3 rings (SSSR count). The molecule has 1 aliphatic heterocycles. The van der Waals surface area contributed by atoms with Gasteiger partial charge in [-0.05, 0) is 55.5 Å². The smallest absolute Gasteiger partial charge is 0.272 e. The highest BCUT2D eigenvalue weighted by Crippen LogP contribution is 2.24. The largest absolute Gasteiger partial charge is 0.491 e. The van der Waals surface area contributed by atoms with E-state index in [1.54, 1.807) is 16.6 Å². The molecule has 28 heavy (non-hydrogen) atoms. The molecule has 1 aliphatic rings. The first kappa shape index (κ1) is 20.3. The second-order valence-electron chi connectivity index (χ2n) is 8.04. The van der Waals surface area contributed by atoms with Gasteiger partial charge in [-0.3, -0.25) is 9.48 Å². The zero-order valence-electron chi connectivity index (χ0n) is 16.7. The molecule has 1 fully saturated rings. The summed E-state index contributed by atoms with van der Waals surface area (Å²) in [6, 6.07) is 7.51. The van der Waals surface area contributed by atoms with Crippen molar-refractivity contribution in [1.82, 2.24) is 14.7 Å².